The van der Waals surface area contributed by atoms with Gasteiger partial charge in [-0.15, -0.1) is 0 Å². The highest BCUT2D eigenvalue weighted by molar-refractivity contribution is 5.83. The average Bonchev–Trinajstić information content (AvgIpc) is 2.56. The van der Waals surface area contributed by atoms with Crippen LogP contribution in [0.15, 0.2) is 30.3 Å². The van der Waals surface area contributed by atoms with Gasteiger partial charge >= 0.3 is 0 Å². The van der Waals surface area contributed by atoms with Gasteiger partial charge in [0.15, 0.2) is 0 Å². The summed E-state index contributed by atoms with van der Waals surface area (Å²) in [6.45, 7) is 3.66. The Kier molecular flexibility index (Phi) is 8.94. The number of hydrogen-bond donors (Lipinski definition) is 2. The van der Waals surface area contributed by atoms with Crippen LogP contribution in [-0.4, -0.2) is 56.6 Å². The van der Waals surface area contributed by atoms with Gasteiger partial charge in [0.25, 0.3) is 0 Å². The number of ether oxygens (including phenoxy) is 1. The summed E-state index contributed by atoms with van der Waals surface area (Å²) in [5.41, 5.74) is 1.05. The number of carbonyl (C=O) groups is 2. The molecule has 23 heavy (non-hydrogen) atoms. The van der Waals surface area contributed by atoms with E-state index in [0.29, 0.717) is 19.7 Å². The Balaban J connectivity index is 2.29. The molecule has 0 aliphatic carbocycles. The largest absolute Gasteiger partial charge is 0.385 e. The molecule has 2 N–H and O–H groups in total. The molecule has 1 rings (SSSR count). The average molecular weight is 321 g/mol. The van der Waals surface area contributed by atoms with Gasteiger partial charge in [0.1, 0.15) is 0 Å². The third-order valence-corrected chi connectivity index (χ3v) is 3.59. The molecule has 0 aromatic heterocycles. The number of amides is 2. The van der Waals surface area contributed by atoms with Crippen LogP contribution in [0.3, 0.4) is 0 Å². The van der Waals surface area contributed by atoms with Gasteiger partial charge in [0.05, 0.1) is 12.6 Å². The molecule has 1 aromatic carbocycles. The molecule has 1 aromatic rings. The highest BCUT2D eigenvalue weighted by Gasteiger charge is 2.19. The summed E-state index contributed by atoms with van der Waals surface area (Å²) in [5.74, 6) is -0.185. The van der Waals surface area contributed by atoms with E-state index < -0.39 is 0 Å². The number of likely N-dealkylation sites (N-methyl/N-ethyl adjacent to an activating group) is 1. The van der Waals surface area contributed by atoms with Gasteiger partial charge in [0, 0.05) is 26.8 Å². The maximum Gasteiger partial charge on any atom is 0.237 e. The molecule has 0 aliphatic heterocycles. The van der Waals surface area contributed by atoms with Crippen molar-refractivity contribution < 1.29 is 14.3 Å². The fourth-order valence-corrected chi connectivity index (χ4v) is 2.00. The molecule has 0 heterocycles. The molecule has 128 valence electrons. The Bertz CT molecular complexity index is 479. The SMILES string of the molecule is COCCCNC(=O)CN(C)C(C)C(=O)NCc1ccccc1. The van der Waals surface area contributed by atoms with Gasteiger partial charge in [-0.2, -0.15) is 0 Å². The molecule has 0 aliphatic rings. The van der Waals surface area contributed by atoms with Crippen LogP contribution in [-0.2, 0) is 20.9 Å². The Labute approximate surface area is 138 Å². The van der Waals surface area contributed by atoms with Crippen LogP contribution < -0.4 is 10.6 Å². The van der Waals surface area contributed by atoms with E-state index >= 15 is 0 Å². The first-order valence-electron chi connectivity index (χ1n) is 7.82. The monoisotopic (exact) mass is 321 g/mol. The van der Waals surface area contributed by atoms with E-state index in [1.807, 2.05) is 30.3 Å². The zero-order valence-electron chi connectivity index (χ0n) is 14.2. The molecule has 2 amide bonds. The maximum atomic E-state index is 12.1. The van der Waals surface area contributed by atoms with Crippen molar-refractivity contribution in [2.45, 2.75) is 25.9 Å². The van der Waals surface area contributed by atoms with E-state index in [1.165, 1.54) is 0 Å². The first-order valence-corrected chi connectivity index (χ1v) is 7.82. The van der Waals surface area contributed by atoms with E-state index in [2.05, 4.69) is 10.6 Å². The Morgan fingerprint density at radius 1 is 1.22 bits per heavy atom. The second-order valence-electron chi connectivity index (χ2n) is 5.49. The summed E-state index contributed by atoms with van der Waals surface area (Å²) in [6, 6.07) is 9.36. The number of methoxy groups -OCH3 is 1. The second kappa shape index (κ2) is 10.7. The minimum atomic E-state index is -0.372. The lowest BCUT2D eigenvalue weighted by Gasteiger charge is -2.23. The van der Waals surface area contributed by atoms with Crippen molar-refractivity contribution in [3.63, 3.8) is 0 Å². The van der Waals surface area contributed by atoms with Crippen molar-refractivity contribution in [2.75, 3.05) is 33.9 Å². The van der Waals surface area contributed by atoms with Crippen LogP contribution in [0.25, 0.3) is 0 Å². The predicted molar refractivity (Wildman–Crippen MR) is 89.9 cm³/mol. The second-order valence-corrected chi connectivity index (χ2v) is 5.49. The van der Waals surface area contributed by atoms with Gasteiger partial charge < -0.3 is 15.4 Å². The summed E-state index contributed by atoms with van der Waals surface area (Å²) in [7, 11) is 3.40. The fraction of sp³-hybridized carbons (Fsp3) is 0.529. The summed E-state index contributed by atoms with van der Waals surface area (Å²) in [6.07, 6.45) is 0.777. The van der Waals surface area contributed by atoms with Crippen LogP contribution in [0, 0.1) is 0 Å². The van der Waals surface area contributed by atoms with Crippen molar-refractivity contribution in [1.29, 1.82) is 0 Å². The van der Waals surface area contributed by atoms with E-state index in [0.717, 1.165) is 12.0 Å². The van der Waals surface area contributed by atoms with E-state index in [9.17, 15) is 9.59 Å². The Morgan fingerprint density at radius 3 is 2.57 bits per heavy atom. The number of hydrogen-bond acceptors (Lipinski definition) is 4. The van der Waals surface area contributed by atoms with Crippen LogP contribution in [0.4, 0.5) is 0 Å². The quantitative estimate of drug-likeness (QED) is 0.625. The highest BCUT2D eigenvalue weighted by atomic mass is 16.5. The first-order chi connectivity index (χ1) is 11.0. The van der Waals surface area contributed by atoms with Gasteiger partial charge in [-0.25, -0.2) is 0 Å². The standard InChI is InChI=1S/C17H27N3O3/c1-14(17(22)19-12-15-8-5-4-6-9-15)20(2)13-16(21)18-10-7-11-23-3/h4-6,8-9,14H,7,10-13H2,1-3H3,(H,18,21)(H,19,22). The summed E-state index contributed by atoms with van der Waals surface area (Å²) in [4.78, 5) is 25.7. The number of nitrogens with zero attached hydrogens (tertiary/aromatic N) is 1. The molecule has 6 nitrogen and oxygen atoms in total. The lowest BCUT2D eigenvalue weighted by molar-refractivity contribution is -0.127. The highest BCUT2D eigenvalue weighted by Crippen LogP contribution is 2.00. The third-order valence-electron chi connectivity index (χ3n) is 3.59. The van der Waals surface area contributed by atoms with E-state index in [-0.39, 0.29) is 24.4 Å². The number of rotatable bonds is 10. The third kappa shape index (κ3) is 7.76. The normalized spacial score (nSPS) is 12.0. The van der Waals surface area contributed by atoms with Gasteiger partial charge in [-0.05, 0) is 26.0 Å². The minimum Gasteiger partial charge on any atom is -0.385 e. The van der Waals surface area contributed by atoms with E-state index in [1.54, 1.807) is 26.0 Å². The molecule has 0 fully saturated rings. The predicted octanol–water partition coefficient (Wildman–Crippen LogP) is 0.776. The van der Waals surface area contributed by atoms with Crippen molar-refractivity contribution in [2.24, 2.45) is 0 Å². The van der Waals surface area contributed by atoms with Crippen molar-refractivity contribution in [3.05, 3.63) is 35.9 Å². The number of benzene rings is 1. The smallest absolute Gasteiger partial charge is 0.237 e. The van der Waals surface area contributed by atoms with Crippen molar-refractivity contribution >= 4 is 11.8 Å². The maximum absolute atomic E-state index is 12.1. The molecule has 0 spiro atoms. The number of nitrogens with one attached hydrogen (secondary N) is 2. The van der Waals surface area contributed by atoms with Gasteiger partial charge in [-0.3, -0.25) is 14.5 Å². The Morgan fingerprint density at radius 2 is 1.91 bits per heavy atom. The molecule has 1 unspecified atom stereocenters. The molecule has 0 radical (unpaired) electrons. The lowest BCUT2D eigenvalue weighted by Crippen LogP contribution is -2.47. The first kappa shape index (κ1) is 19.1. The van der Waals surface area contributed by atoms with Crippen molar-refractivity contribution in [1.82, 2.24) is 15.5 Å². The topological polar surface area (TPSA) is 70.7 Å². The fourth-order valence-electron chi connectivity index (χ4n) is 2.00. The molecule has 0 bridgehead atoms. The lowest BCUT2D eigenvalue weighted by atomic mass is 10.2. The molecular formula is C17H27N3O3. The number of carbonyl (C=O) groups excluding carboxylic acids is 2. The van der Waals surface area contributed by atoms with Gasteiger partial charge in [0.2, 0.25) is 11.8 Å². The van der Waals surface area contributed by atoms with Crippen molar-refractivity contribution in [3.8, 4) is 0 Å². The zero-order chi connectivity index (χ0) is 17.1. The molecule has 6 heteroatoms. The molecule has 0 saturated heterocycles. The molecule has 0 saturated carbocycles. The van der Waals surface area contributed by atoms with Gasteiger partial charge in [-0.1, -0.05) is 30.3 Å². The minimum absolute atomic E-state index is 0.0914. The Hall–Kier alpha value is -1.92. The van der Waals surface area contributed by atoms with Crippen LogP contribution in [0.1, 0.15) is 18.9 Å². The summed E-state index contributed by atoms with van der Waals surface area (Å²) < 4.78 is 4.92. The van der Waals surface area contributed by atoms with Crippen LogP contribution >= 0.6 is 0 Å². The molecular weight excluding hydrogens is 294 g/mol. The van der Waals surface area contributed by atoms with Crippen LogP contribution in [0.5, 0.6) is 0 Å². The summed E-state index contributed by atoms with van der Waals surface area (Å²) >= 11 is 0. The van der Waals surface area contributed by atoms with Crippen LogP contribution in [0.2, 0.25) is 0 Å². The van der Waals surface area contributed by atoms with E-state index in [4.69, 9.17) is 4.74 Å². The molecule has 1 atom stereocenters. The zero-order valence-corrected chi connectivity index (χ0v) is 14.2. The summed E-state index contributed by atoms with van der Waals surface area (Å²) in [5, 5.41) is 5.69.